The molecule has 1 saturated heterocycles. The van der Waals surface area contributed by atoms with E-state index in [1.54, 1.807) is 11.3 Å². The molecule has 0 aliphatic carbocycles. The van der Waals surface area contributed by atoms with Crippen molar-refractivity contribution in [3.63, 3.8) is 0 Å². The van der Waals surface area contributed by atoms with Crippen LogP contribution in [-0.4, -0.2) is 53.7 Å². The van der Waals surface area contributed by atoms with Crippen LogP contribution in [0, 0.1) is 27.7 Å². The SMILES string of the molecule is CCOC(=O)c1sc2nc(C)nc(N3CCN(c4nc(C)c(C)s4)CC3)c2c1C. The van der Waals surface area contributed by atoms with Gasteiger partial charge in [0, 0.05) is 31.1 Å². The molecule has 4 heterocycles. The van der Waals surface area contributed by atoms with Crippen LogP contribution in [0.25, 0.3) is 10.2 Å². The van der Waals surface area contributed by atoms with E-state index >= 15 is 0 Å². The van der Waals surface area contributed by atoms with Gasteiger partial charge in [-0.3, -0.25) is 0 Å². The summed E-state index contributed by atoms with van der Waals surface area (Å²) in [4.78, 5) is 33.8. The highest BCUT2D eigenvalue weighted by Crippen LogP contribution is 2.36. The van der Waals surface area contributed by atoms with Gasteiger partial charge >= 0.3 is 5.97 Å². The van der Waals surface area contributed by atoms with Crippen molar-refractivity contribution in [2.75, 3.05) is 42.6 Å². The van der Waals surface area contributed by atoms with Crippen molar-refractivity contribution in [3.05, 3.63) is 26.8 Å². The average molecular weight is 432 g/mol. The highest BCUT2D eigenvalue weighted by atomic mass is 32.1. The molecule has 0 N–H and O–H groups in total. The van der Waals surface area contributed by atoms with E-state index in [9.17, 15) is 4.79 Å². The lowest BCUT2D eigenvalue weighted by molar-refractivity contribution is 0.0531. The molecule has 0 spiro atoms. The smallest absolute Gasteiger partial charge is 0.348 e. The summed E-state index contributed by atoms with van der Waals surface area (Å²) in [6.45, 7) is 13.7. The normalized spacial score (nSPS) is 14.7. The number of hydrogen-bond donors (Lipinski definition) is 0. The minimum absolute atomic E-state index is 0.282. The van der Waals surface area contributed by atoms with E-state index in [0.29, 0.717) is 11.5 Å². The summed E-state index contributed by atoms with van der Waals surface area (Å²) >= 11 is 3.15. The second-order valence-corrected chi connectivity index (χ2v) is 9.34. The molecule has 3 aromatic heterocycles. The fourth-order valence-corrected chi connectivity index (χ4v) is 5.62. The number of thiophene rings is 1. The number of esters is 1. The second kappa shape index (κ2) is 7.87. The first-order valence-electron chi connectivity index (χ1n) is 9.77. The van der Waals surface area contributed by atoms with E-state index in [0.717, 1.165) is 64.4 Å². The number of nitrogens with zero attached hydrogens (tertiary/aromatic N) is 5. The molecule has 4 rings (SSSR count). The van der Waals surface area contributed by atoms with Crippen molar-refractivity contribution in [2.45, 2.75) is 34.6 Å². The summed E-state index contributed by atoms with van der Waals surface area (Å²) in [5.41, 5.74) is 2.02. The molecule has 29 heavy (non-hydrogen) atoms. The lowest BCUT2D eigenvalue weighted by Gasteiger charge is -2.35. The van der Waals surface area contributed by atoms with Gasteiger partial charge in [-0.2, -0.15) is 0 Å². The Morgan fingerprint density at radius 3 is 2.31 bits per heavy atom. The van der Waals surface area contributed by atoms with Crippen molar-refractivity contribution in [1.82, 2.24) is 15.0 Å². The number of fused-ring (bicyclic) bond motifs is 1. The number of anilines is 2. The van der Waals surface area contributed by atoms with Crippen LogP contribution in [0.2, 0.25) is 0 Å². The number of aryl methyl sites for hydroxylation is 4. The monoisotopic (exact) mass is 431 g/mol. The number of hydrogen-bond acceptors (Lipinski definition) is 9. The summed E-state index contributed by atoms with van der Waals surface area (Å²) in [5, 5.41) is 2.07. The molecule has 1 aliphatic heterocycles. The minimum atomic E-state index is -0.282. The third kappa shape index (κ3) is 3.69. The summed E-state index contributed by atoms with van der Waals surface area (Å²) in [6.07, 6.45) is 0. The second-order valence-electron chi connectivity index (χ2n) is 7.16. The molecule has 3 aromatic rings. The standard InChI is InChI=1S/C20H25N5O2S2/c1-6-27-19(26)16-11(2)15-17(22-14(5)23-18(15)29-16)24-7-9-25(10-8-24)20-21-12(3)13(4)28-20/h6-10H2,1-5H3. The van der Waals surface area contributed by atoms with Gasteiger partial charge in [-0.05, 0) is 40.2 Å². The maximum atomic E-state index is 12.4. The average Bonchev–Trinajstić information content (AvgIpc) is 3.21. The summed E-state index contributed by atoms with van der Waals surface area (Å²) < 4.78 is 5.23. The van der Waals surface area contributed by atoms with E-state index < -0.39 is 0 Å². The van der Waals surface area contributed by atoms with Gasteiger partial charge in [0.25, 0.3) is 0 Å². The molecule has 7 nitrogen and oxygen atoms in total. The first-order valence-corrected chi connectivity index (χ1v) is 11.4. The number of ether oxygens (including phenoxy) is 1. The van der Waals surface area contributed by atoms with Gasteiger partial charge in [0.1, 0.15) is 21.3 Å². The topological polar surface area (TPSA) is 71.5 Å². The van der Waals surface area contributed by atoms with E-state index in [-0.39, 0.29) is 5.97 Å². The predicted molar refractivity (Wildman–Crippen MR) is 119 cm³/mol. The van der Waals surface area contributed by atoms with Gasteiger partial charge in [-0.1, -0.05) is 0 Å². The lowest BCUT2D eigenvalue weighted by Crippen LogP contribution is -2.47. The molecule has 0 radical (unpaired) electrons. The van der Waals surface area contributed by atoms with Crippen LogP contribution in [0.1, 0.15) is 38.6 Å². The third-order valence-electron chi connectivity index (χ3n) is 5.21. The zero-order valence-electron chi connectivity index (χ0n) is 17.4. The molecule has 9 heteroatoms. The molecule has 1 fully saturated rings. The van der Waals surface area contributed by atoms with E-state index in [1.807, 2.05) is 20.8 Å². The number of aromatic nitrogens is 3. The largest absolute Gasteiger partial charge is 0.462 e. The van der Waals surface area contributed by atoms with E-state index in [2.05, 4.69) is 28.6 Å². The van der Waals surface area contributed by atoms with Crippen molar-refractivity contribution in [1.29, 1.82) is 0 Å². The number of piperazine rings is 1. The Kier molecular flexibility index (Phi) is 5.44. The van der Waals surface area contributed by atoms with E-state index in [1.165, 1.54) is 16.2 Å². The Morgan fingerprint density at radius 1 is 1.00 bits per heavy atom. The van der Waals surface area contributed by atoms with Crippen LogP contribution >= 0.6 is 22.7 Å². The lowest BCUT2D eigenvalue weighted by atomic mass is 10.2. The minimum Gasteiger partial charge on any atom is -0.462 e. The van der Waals surface area contributed by atoms with Crippen molar-refractivity contribution < 1.29 is 9.53 Å². The Bertz CT molecular complexity index is 1050. The molecular weight excluding hydrogens is 406 g/mol. The first-order chi connectivity index (χ1) is 13.9. The van der Waals surface area contributed by atoms with Crippen LogP contribution < -0.4 is 9.80 Å². The Balaban J connectivity index is 1.63. The van der Waals surface area contributed by atoms with Crippen LogP contribution in [0.5, 0.6) is 0 Å². The maximum Gasteiger partial charge on any atom is 0.348 e. The molecule has 0 saturated carbocycles. The van der Waals surface area contributed by atoms with E-state index in [4.69, 9.17) is 14.7 Å². The van der Waals surface area contributed by atoms with Crippen LogP contribution in [-0.2, 0) is 4.74 Å². The molecule has 1 aliphatic rings. The van der Waals surface area contributed by atoms with Gasteiger partial charge in [-0.25, -0.2) is 19.7 Å². The maximum absolute atomic E-state index is 12.4. The highest BCUT2D eigenvalue weighted by Gasteiger charge is 2.26. The highest BCUT2D eigenvalue weighted by molar-refractivity contribution is 7.20. The molecule has 0 atom stereocenters. The Morgan fingerprint density at radius 2 is 1.69 bits per heavy atom. The van der Waals surface area contributed by atoms with Crippen molar-refractivity contribution in [2.24, 2.45) is 0 Å². The van der Waals surface area contributed by atoms with Gasteiger partial charge < -0.3 is 14.5 Å². The molecular formula is C20H25N5O2S2. The van der Waals surface area contributed by atoms with Gasteiger partial charge in [0.2, 0.25) is 0 Å². The molecule has 154 valence electrons. The number of thiazole rings is 1. The van der Waals surface area contributed by atoms with Crippen molar-refractivity contribution in [3.8, 4) is 0 Å². The fraction of sp³-hybridized carbons (Fsp3) is 0.500. The summed E-state index contributed by atoms with van der Waals surface area (Å²) in [7, 11) is 0. The third-order valence-corrected chi connectivity index (χ3v) is 7.51. The fourth-order valence-electron chi connectivity index (χ4n) is 3.54. The van der Waals surface area contributed by atoms with Gasteiger partial charge in [0.05, 0.1) is 17.7 Å². The van der Waals surface area contributed by atoms with Crippen LogP contribution in [0.4, 0.5) is 10.9 Å². The molecule has 0 bridgehead atoms. The van der Waals surface area contributed by atoms with Crippen LogP contribution in [0.15, 0.2) is 0 Å². The van der Waals surface area contributed by atoms with Gasteiger partial charge in [0.15, 0.2) is 5.13 Å². The van der Waals surface area contributed by atoms with Crippen molar-refractivity contribution >= 4 is 49.8 Å². The zero-order valence-corrected chi connectivity index (χ0v) is 19.0. The zero-order chi connectivity index (χ0) is 20.7. The number of carbonyl (C=O) groups is 1. The Hall–Kier alpha value is -2.26. The molecule has 0 unspecified atom stereocenters. The first kappa shape index (κ1) is 20.0. The Labute approximate surface area is 178 Å². The van der Waals surface area contributed by atoms with Gasteiger partial charge in [-0.15, -0.1) is 22.7 Å². The molecule has 0 aromatic carbocycles. The quantitative estimate of drug-likeness (QED) is 0.581. The van der Waals surface area contributed by atoms with Crippen LogP contribution in [0.3, 0.4) is 0 Å². The summed E-state index contributed by atoms with van der Waals surface area (Å²) in [6, 6.07) is 0. The summed E-state index contributed by atoms with van der Waals surface area (Å²) in [5.74, 6) is 1.36. The number of carbonyl (C=O) groups excluding carboxylic acids is 1. The number of rotatable bonds is 4. The molecule has 0 amide bonds. The predicted octanol–water partition coefficient (Wildman–Crippen LogP) is 3.88.